The van der Waals surface area contributed by atoms with Gasteiger partial charge in [-0.2, -0.15) is 0 Å². The summed E-state index contributed by atoms with van der Waals surface area (Å²) in [5.41, 5.74) is -0.0920. The number of fused-ring (bicyclic) bond motifs is 2. The zero-order valence-electron chi connectivity index (χ0n) is 13.8. The Bertz CT molecular complexity index is 587. The molecule has 2 heterocycles. The van der Waals surface area contributed by atoms with Crippen molar-refractivity contribution in [3.63, 3.8) is 0 Å². The van der Waals surface area contributed by atoms with Gasteiger partial charge in [-0.15, -0.1) is 0 Å². The van der Waals surface area contributed by atoms with Crippen molar-refractivity contribution in [1.82, 2.24) is 0 Å². The predicted octanol–water partition coefficient (Wildman–Crippen LogP) is 3.23. The molecular formula is C18H23FO4. The quantitative estimate of drug-likeness (QED) is 0.781. The highest BCUT2D eigenvalue weighted by atomic mass is 19.1. The van der Waals surface area contributed by atoms with E-state index in [4.69, 9.17) is 14.2 Å². The van der Waals surface area contributed by atoms with Crippen LogP contribution in [0.5, 0.6) is 0 Å². The topological polar surface area (TPSA) is 44.8 Å². The Kier molecular flexibility index (Phi) is 4.19. The van der Waals surface area contributed by atoms with E-state index in [1.165, 1.54) is 12.1 Å². The molecule has 0 aliphatic carbocycles. The molecule has 2 aliphatic heterocycles. The van der Waals surface area contributed by atoms with Crippen molar-refractivity contribution in [3.05, 3.63) is 35.6 Å². The van der Waals surface area contributed by atoms with Gasteiger partial charge in [-0.25, -0.2) is 4.39 Å². The second kappa shape index (κ2) is 5.87. The number of esters is 1. The second-order valence-corrected chi connectivity index (χ2v) is 6.87. The minimum absolute atomic E-state index is 0.0803. The third-order valence-electron chi connectivity index (χ3n) is 5.02. The molecule has 2 aliphatic rings. The number of carbonyl (C=O) groups is 1. The van der Waals surface area contributed by atoms with E-state index < -0.39 is 11.2 Å². The maximum atomic E-state index is 12.9. The molecule has 23 heavy (non-hydrogen) atoms. The lowest BCUT2D eigenvalue weighted by Gasteiger charge is -2.32. The van der Waals surface area contributed by atoms with E-state index in [0.29, 0.717) is 26.1 Å². The Morgan fingerprint density at radius 2 is 1.96 bits per heavy atom. The largest absolute Gasteiger partial charge is 0.466 e. The van der Waals surface area contributed by atoms with Gasteiger partial charge in [0.2, 0.25) is 0 Å². The number of halogens is 1. The van der Waals surface area contributed by atoms with Crippen molar-refractivity contribution in [3.8, 4) is 0 Å². The molecule has 1 unspecified atom stereocenters. The first-order valence-corrected chi connectivity index (χ1v) is 8.09. The maximum Gasteiger partial charge on any atom is 0.311 e. The third-order valence-corrected chi connectivity index (χ3v) is 5.02. The highest BCUT2D eigenvalue weighted by Gasteiger charge is 2.65. The summed E-state index contributed by atoms with van der Waals surface area (Å²) in [5, 5.41) is 0. The van der Waals surface area contributed by atoms with E-state index in [-0.39, 0.29) is 23.8 Å². The smallest absolute Gasteiger partial charge is 0.311 e. The molecule has 5 heteroatoms. The number of rotatable bonds is 5. The number of hydrogen-bond donors (Lipinski definition) is 0. The van der Waals surface area contributed by atoms with Gasteiger partial charge < -0.3 is 14.2 Å². The number of carbonyl (C=O) groups excluding carboxylic acids is 1. The molecule has 2 saturated heterocycles. The van der Waals surface area contributed by atoms with Crippen LogP contribution in [-0.2, 0) is 25.6 Å². The van der Waals surface area contributed by atoms with Crippen molar-refractivity contribution in [2.24, 2.45) is 5.92 Å². The van der Waals surface area contributed by atoms with Gasteiger partial charge in [0.15, 0.2) is 0 Å². The Hall–Kier alpha value is -1.46. The highest BCUT2D eigenvalue weighted by molar-refractivity contribution is 5.75. The fraction of sp³-hybridized carbons (Fsp3) is 0.611. The SMILES string of the molecule is CCOC(=O)C1C[C@@]2(C)O[C@]1(C)C[C@@H]2OCc1ccc(F)cc1. The summed E-state index contributed by atoms with van der Waals surface area (Å²) < 4.78 is 30.3. The van der Waals surface area contributed by atoms with E-state index >= 15 is 0 Å². The van der Waals surface area contributed by atoms with Gasteiger partial charge in [0, 0.05) is 6.42 Å². The first kappa shape index (κ1) is 16.4. The van der Waals surface area contributed by atoms with Crippen molar-refractivity contribution in [2.75, 3.05) is 6.61 Å². The Labute approximate surface area is 135 Å². The third kappa shape index (κ3) is 3.00. The zero-order chi connectivity index (χ0) is 16.7. The molecular weight excluding hydrogens is 299 g/mol. The number of ether oxygens (including phenoxy) is 3. The van der Waals surface area contributed by atoms with E-state index in [2.05, 4.69) is 0 Å². The normalized spacial score (nSPS) is 35.5. The summed E-state index contributed by atoms with van der Waals surface area (Å²) >= 11 is 0. The van der Waals surface area contributed by atoms with Crippen molar-refractivity contribution in [1.29, 1.82) is 0 Å². The minimum atomic E-state index is -0.533. The van der Waals surface area contributed by atoms with Crippen LogP contribution in [0.25, 0.3) is 0 Å². The van der Waals surface area contributed by atoms with Gasteiger partial charge in [0.1, 0.15) is 5.82 Å². The van der Waals surface area contributed by atoms with E-state index in [0.717, 1.165) is 5.56 Å². The summed E-state index contributed by atoms with van der Waals surface area (Å²) in [5.74, 6) is -0.678. The average molecular weight is 322 g/mol. The van der Waals surface area contributed by atoms with Crippen molar-refractivity contribution in [2.45, 2.75) is 57.5 Å². The van der Waals surface area contributed by atoms with Crippen LogP contribution in [0.2, 0.25) is 0 Å². The average Bonchev–Trinajstić information content (AvgIpc) is 2.92. The predicted molar refractivity (Wildman–Crippen MR) is 82.2 cm³/mol. The van der Waals surface area contributed by atoms with Crippen LogP contribution >= 0.6 is 0 Å². The molecule has 4 nitrogen and oxygen atoms in total. The maximum absolute atomic E-state index is 12.9. The summed E-state index contributed by atoms with van der Waals surface area (Å²) in [6.45, 7) is 6.55. The van der Waals surface area contributed by atoms with Crippen LogP contribution in [-0.4, -0.2) is 29.9 Å². The highest BCUT2D eigenvalue weighted by Crippen LogP contribution is 2.55. The lowest BCUT2D eigenvalue weighted by Crippen LogP contribution is -2.44. The molecule has 0 N–H and O–H groups in total. The molecule has 4 atom stereocenters. The first-order valence-electron chi connectivity index (χ1n) is 8.09. The second-order valence-electron chi connectivity index (χ2n) is 6.87. The van der Waals surface area contributed by atoms with Gasteiger partial charge in [0.05, 0.1) is 36.4 Å². The number of benzene rings is 1. The van der Waals surface area contributed by atoms with Gasteiger partial charge in [-0.3, -0.25) is 4.79 Å². The van der Waals surface area contributed by atoms with Gasteiger partial charge in [-0.1, -0.05) is 12.1 Å². The lowest BCUT2D eigenvalue weighted by molar-refractivity contribution is -0.153. The lowest BCUT2D eigenvalue weighted by atomic mass is 9.74. The summed E-state index contributed by atoms with van der Waals surface area (Å²) in [7, 11) is 0. The molecule has 2 bridgehead atoms. The molecule has 1 aromatic carbocycles. The molecule has 0 saturated carbocycles. The Balaban J connectivity index is 1.64. The molecule has 3 rings (SSSR count). The summed E-state index contributed by atoms with van der Waals surface area (Å²) in [4.78, 5) is 12.1. The molecule has 0 aromatic heterocycles. The molecule has 0 spiro atoms. The van der Waals surface area contributed by atoms with Gasteiger partial charge >= 0.3 is 5.97 Å². The fourth-order valence-corrected chi connectivity index (χ4v) is 3.82. The monoisotopic (exact) mass is 322 g/mol. The molecule has 1 aromatic rings. The van der Waals surface area contributed by atoms with Crippen LogP contribution in [0.4, 0.5) is 4.39 Å². The van der Waals surface area contributed by atoms with Crippen LogP contribution < -0.4 is 0 Å². The molecule has 2 fully saturated rings. The first-order chi connectivity index (χ1) is 10.9. The van der Waals surface area contributed by atoms with E-state index in [1.54, 1.807) is 12.1 Å². The Morgan fingerprint density at radius 1 is 1.26 bits per heavy atom. The molecule has 0 amide bonds. The van der Waals surface area contributed by atoms with Crippen molar-refractivity contribution < 1.29 is 23.4 Å². The number of hydrogen-bond acceptors (Lipinski definition) is 4. The molecule has 0 radical (unpaired) electrons. The zero-order valence-corrected chi connectivity index (χ0v) is 13.8. The molecule has 126 valence electrons. The standard InChI is InChI=1S/C18H23FO4/c1-4-21-16(20)14-9-18(3)15(10-17(14,2)23-18)22-11-12-5-7-13(19)8-6-12/h5-8,14-15H,4,9-11H2,1-3H3/t14?,15-,17+,18+/m0/s1. The van der Waals surface area contributed by atoms with Crippen LogP contribution in [0.1, 0.15) is 39.2 Å². The van der Waals surface area contributed by atoms with Crippen LogP contribution in [0.3, 0.4) is 0 Å². The van der Waals surface area contributed by atoms with Gasteiger partial charge in [-0.05, 0) is 44.9 Å². The van der Waals surface area contributed by atoms with Crippen molar-refractivity contribution >= 4 is 5.97 Å². The van der Waals surface area contributed by atoms with E-state index in [1.807, 2.05) is 20.8 Å². The van der Waals surface area contributed by atoms with Crippen LogP contribution in [0.15, 0.2) is 24.3 Å². The van der Waals surface area contributed by atoms with Crippen LogP contribution in [0, 0.1) is 11.7 Å². The summed E-state index contributed by atoms with van der Waals surface area (Å²) in [6.07, 6.45) is 1.19. The van der Waals surface area contributed by atoms with Gasteiger partial charge in [0.25, 0.3) is 0 Å². The fourth-order valence-electron chi connectivity index (χ4n) is 3.82. The van der Waals surface area contributed by atoms with E-state index in [9.17, 15) is 9.18 Å². The minimum Gasteiger partial charge on any atom is -0.466 e. The summed E-state index contributed by atoms with van der Waals surface area (Å²) in [6, 6.07) is 6.29. The Morgan fingerprint density at radius 3 is 2.52 bits per heavy atom.